The van der Waals surface area contributed by atoms with E-state index in [4.69, 9.17) is 4.42 Å². The van der Waals surface area contributed by atoms with Gasteiger partial charge < -0.3 is 9.73 Å². The Labute approximate surface area is 174 Å². The molecule has 0 radical (unpaired) electrons. The summed E-state index contributed by atoms with van der Waals surface area (Å²) in [6.07, 6.45) is 12.8. The largest absolute Gasteiger partial charge is 0.472 e. The van der Waals surface area contributed by atoms with Crippen molar-refractivity contribution in [2.45, 2.75) is 44.9 Å². The maximum atomic E-state index is 13.0. The fraction of sp³-hybridized carbons (Fsp3) is 0.304. The summed E-state index contributed by atoms with van der Waals surface area (Å²) in [4.78, 5) is 17.4. The number of carbonyl (C=O) groups excluding carboxylic acids is 1. The molecule has 30 heavy (non-hydrogen) atoms. The summed E-state index contributed by atoms with van der Waals surface area (Å²) in [6.45, 7) is 1.94. The third-order valence-corrected chi connectivity index (χ3v) is 5.93. The molecule has 0 bridgehead atoms. The molecular formula is C23H23N5O2. The Morgan fingerprint density at radius 3 is 2.83 bits per heavy atom. The highest BCUT2D eigenvalue weighted by molar-refractivity contribution is 6.06. The van der Waals surface area contributed by atoms with Crippen molar-refractivity contribution >= 4 is 17.4 Å². The lowest BCUT2D eigenvalue weighted by molar-refractivity contribution is 0.102. The van der Waals surface area contributed by atoms with E-state index in [1.54, 1.807) is 18.7 Å². The van der Waals surface area contributed by atoms with Crippen LogP contribution in [0.2, 0.25) is 0 Å². The zero-order chi connectivity index (χ0) is 20.5. The van der Waals surface area contributed by atoms with E-state index >= 15 is 0 Å². The van der Waals surface area contributed by atoms with Crippen molar-refractivity contribution in [3.63, 3.8) is 0 Å². The number of furan rings is 1. The zero-order valence-electron chi connectivity index (χ0n) is 16.8. The van der Waals surface area contributed by atoms with Gasteiger partial charge in [-0.25, -0.2) is 4.98 Å². The number of anilines is 1. The molecule has 7 heteroatoms. The number of nitrogens with one attached hydrogen (secondary N) is 1. The number of hydrogen-bond donors (Lipinski definition) is 1. The van der Waals surface area contributed by atoms with Crippen LogP contribution in [0.4, 0.5) is 5.69 Å². The van der Waals surface area contributed by atoms with Gasteiger partial charge in [-0.3, -0.25) is 9.20 Å². The molecule has 0 spiro atoms. The maximum absolute atomic E-state index is 13.0. The van der Waals surface area contributed by atoms with E-state index in [0.29, 0.717) is 22.9 Å². The van der Waals surface area contributed by atoms with Crippen molar-refractivity contribution in [1.29, 1.82) is 0 Å². The average molecular weight is 401 g/mol. The van der Waals surface area contributed by atoms with Gasteiger partial charge in [-0.2, -0.15) is 0 Å². The molecular weight excluding hydrogens is 378 g/mol. The summed E-state index contributed by atoms with van der Waals surface area (Å²) in [7, 11) is 0. The van der Waals surface area contributed by atoms with Crippen molar-refractivity contribution in [2.75, 3.05) is 5.32 Å². The van der Waals surface area contributed by atoms with Gasteiger partial charge in [0.15, 0.2) is 0 Å². The van der Waals surface area contributed by atoms with Crippen LogP contribution in [0, 0.1) is 6.92 Å². The molecule has 1 saturated carbocycles. The van der Waals surface area contributed by atoms with Crippen LogP contribution in [0.15, 0.2) is 53.6 Å². The number of carbonyl (C=O) groups is 1. The molecule has 0 atom stereocenters. The fourth-order valence-corrected chi connectivity index (χ4v) is 4.32. The lowest BCUT2D eigenvalue weighted by atomic mass is 9.89. The first-order chi connectivity index (χ1) is 14.7. The van der Waals surface area contributed by atoms with Crippen molar-refractivity contribution in [2.24, 2.45) is 0 Å². The highest BCUT2D eigenvalue weighted by atomic mass is 16.3. The molecule has 3 heterocycles. The molecule has 4 aromatic rings. The molecule has 1 aliphatic carbocycles. The van der Waals surface area contributed by atoms with Gasteiger partial charge in [0.25, 0.3) is 11.7 Å². The predicted molar refractivity (Wildman–Crippen MR) is 113 cm³/mol. The molecule has 152 valence electrons. The van der Waals surface area contributed by atoms with Crippen molar-refractivity contribution in [3.8, 4) is 11.1 Å². The Morgan fingerprint density at radius 2 is 2.03 bits per heavy atom. The summed E-state index contributed by atoms with van der Waals surface area (Å²) in [5.74, 6) is 1.72. The molecule has 0 unspecified atom stereocenters. The smallest absolute Gasteiger partial charge is 0.256 e. The van der Waals surface area contributed by atoms with E-state index in [1.165, 1.54) is 19.3 Å². The molecule has 1 aliphatic rings. The van der Waals surface area contributed by atoms with Gasteiger partial charge in [0.2, 0.25) is 0 Å². The lowest BCUT2D eigenvalue weighted by Crippen LogP contribution is -2.15. The number of hydrogen-bond acceptors (Lipinski definition) is 5. The molecule has 1 amide bonds. The quantitative estimate of drug-likeness (QED) is 0.520. The first-order valence-corrected chi connectivity index (χ1v) is 10.3. The Balaban J connectivity index is 1.43. The van der Waals surface area contributed by atoms with Gasteiger partial charge in [0.05, 0.1) is 24.4 Å². The van der Waals surface area contributed by atoms with E-state index in [1.807, 2.05) is 41.8 Å². The van der Waals surface area contributed by atoms with Crippen molar-refractivity contribution in [1.82, 2.24) is 19.6 Å². The maximum Gasteiger partial charge on any atom is 0.256 e. The highest BCUT2D eigenvalue weighted by Crippen LogP contribution is 2.32. The van der Waals surface area contributed by atoms with Gasteiger partial charge in [-0.15, -0.1) is 10.2 Å². The molecule has 7 nitrogen and oxygen atoms in total. The lowest BCUT2D eigenvalue weighted by Gasteiger charge is -2.19. The second-order valence-electron chi connectivity index (χ2n) is 7.85. The fourth-order valence-electron chi connectivity index (χ4n) is 4.32. The van der Waals surface area contributed by atoms with Crippen LogP contribution < -0.4 is 5.32 Å². The van der Waals surface area contributed by atoms with Crippen molar-refractivity contribution < 1.29 is 9.21 Å². The standard InChI is InChI=1S/C23H23N5O2/c1-15-19(17-10-11-30-14-17)8-5-9-20(15)22(29)25-18-12-24-23-27-26-21(28(23)13-18)16-6-3-2-4-7-16/h5,8-14,16H,2-4,6-7H2,1H3,(H,25,29). The molecule has 3 aromatic heterocycles. The van der Waals surface area contributed by atoms with Crippen molar-refractivity contribution in [3.05, 3.63) is 66.1 Å². The number of nitrogens with zero attached hydrogens (tertiary/aromatic N) is 4. The SMILES string of the molecule is Cc1c(C(=O)Nc2cnc3nnc(C4CCCCC4)n3c2)cccc1-c1ccoc1. The van der Waals surface area contributed by atoms with Gasteiger partial charge in [0, 0.05) is 23.2 Å². The predicted octanol–water partition coefficient (Wildman–Crippen LogP) is 4.99. The first kappa shape index (κ1) is 18.5. The average Bonchev–Trinajstić information content (AvgIpc) is 3.44. The molecule has 0 saturated heterocycles. The molecule has 1 fully saturated rings. The summed E-state index contributed by atoms with van der Waals surface area (Å²) in [6, 6.07) is 7.58. The minimum atomic E-state index is -0.175. The number of benzene rings is 1. The summed E-state index contributed by atoms with van der Waals surface area (Å²) >= 11 is 0. The van der Waals surface area contributed by atoms with Crippen LogP contribution in [0.25, 0.3) is 16.9 Å². The number of fused-ring (bicyclic) bond motifs is 1. The third kappa shape index (κ3) is 3.36. The molecule has 1 aromatic carbocycles. The zero-order valence-corrected chi connectivity index (χ0v) is 16.8. The van der Waals surface area contributed by atoms with E-state index in [-0.39, 0.29) is 5.91 Å². The van der Waals surface area contributed by atoms with Crippen LogP contribution >= 0.6 is 0 Å². The van der Waals surface area contributed by atoms with Crippen LogP contribution in [-0.2, 0) is 0 Å². The third-order valence-electron chi connectivity index (χ3n) is 5.93. The molecule has 1 N–H and O–H groups in total. The Bertz CT molecular complexity index is 1190. The van der Waals surface area contributed by atoms with Crippen LogP contribution in [0.1, 0.15) is 59.8 Å². The number of rotatable bonds is 4. The Hall–Kier alpha value is -3.48. The van der Waals surface area contributed by atoms with Crippen LogP contribution in [0.3, 0.4) is 0 Å². The Kier molecular flexibility index (Phi) is 4.78. The molecule has 0 aliphatic heterocycles. The van der Waals surface area contributed by atoms with E-state index in [0.717, 1.165) is 35.4 Å². The summed E-state index contributed by atoms with van der Waals surface area (Å²) < 4.78 is 7.11. The Morgan fingerprint density at radius 1 is 1.17 bits per heavy atom. The van der Waals surface area contributed by atoms with Gasteiger partial charge in [-0.05, 0) is 43.0 Å². The second kappa shape index (κ2) is 7.74. The van der Waals surface area contributed by atoms with E-state index in [2.05, 4.69) is 20.5 Å². The van der Waals surface area contributed by atoms with Crippen LogP contribution in [-0.4, -0.2) is 25.5 Å². The monoisotopic (exact) mass is 401 g/mol. The summed E-state index contributed by atoms with van der Waals surface area (Å²) in [5.41, 5.74) is 4.07. The minimum Gasteiger partial charge on any atom is -0.472 e. The normalized spacial score (nSPS) is 14.8. The van der Waals surface area contributed by atoms with Gasteiger partial charge >= 0.3 is 0 Å². The van der Waals surface area contributed by atoms with Gasteiger partial charge in [-0.1, -0.05) is 31.4 Å². The number of aromatic nitrogens is 4. The first-order valence-electron chi connectivity index (χ1n) is 10.3. The number of amides is 1. The van der Waals surface area contributed by atoms with E-state index in [9.17, 15) is 4.79 Å². The second-order valence-corrected chi connectivity index (χ2v) is 7.85. The molecule has 5 rings (SSSR count). The van der Waals surface area contributed by atoms with E-state index < -0.39 is 0 Å². The minimum absolute atomic E-state index is 0.175. The highest BCUT2D eigenvalue weighted by Gasteiger charge is 2.21. The van der Waals surface area contributed by atoms with Crippen LogP contribution in [0.5, 0.6) is 0 Å². The van der Waals surface area contributed by atoms with Gasteiger partial charge in [0.1, 0.15) is 5.82 Å². The topological polar surface area (TPSA) is 85.3 Å². The summed E-state index contributed by atoms with van der Waals surface area (Å²) in [5, 5.41) is 11.6.